The summed E-state index contributed by atoms with van der Waals surface area (Å²) in [6.45, 7) is 3.33. The van der Waals surface area contributed by atoms with Crippen LogP contribution in [0.1, 0.15) is 142 Å². The van der Waals surface area contributed by atoms with Gasteiger partial charge in [-0.05, 0) is 32.1 Å². The van der Waals surface area contributed by atoms with E-state index in [0.717, 1.165) is 44.9 Å². The molecule has 0 rings (SSSR count). The van der Waals surface area contributed by atoms with Crippen LogP contribution < -0.4 is 5.73 Å². The highest BCUT2D eigenvalue weighted by Crippen LogP contribution is 2.43. The van der Waals surface area contributed by atoms with Crippen LogP contribution in [0.2, 0.25) is 0 Å². The van der Waals surface area contributed by atoms with Crippen molar-refractivity contribution in [2.24, 2.45) is 5.73 Å². The molecule has 11 nitrogen and oxygen atoms in total. The molecular formula is C39H70NO10P. The van der Waals surface area contributed by atoms with Crippen LogP contribution in [0.25, 0.3) is 0 Å². The summed E-state index contributed by atoms with van der Waals surface area (Å²) in [5.74, 6) is -1.06. The van der Waals surface area contributed by atoms with Crippen molar-refractivity contribution in [3.63, 3.8) is 0 Å². The number of aliphatic hydroxyl groups excluding tert-OH is 2. The van der Waals surface area contributed by atoms with Gasteiger partial charge in [-0.2, -0.15) is 0 Å². The maximum Gasteiger partial charge on any atom is 0.472 e. The van der Waals surface area contributed by atoms with E-state index < -0.39 is 44.7 Å². The zero-order valence-electron chi connectivity index (χ0n) is 31.5. The second-order valence-electron chi connectivity index (χ2n) is 12.9. The standard InChI is InChI=1S/C39H70NO10P/c1-3-5-7-8-9-10-11-12-16-19-23-29-38(43)47-33-37(34-49-51(45,46)48-32-31-40)50-39(44)30-24-28-36(42)27-22-18-15-13-14-17-21-26-35(41)25-20-6-4-2/h14-15,17-18,21-22,26-27,35-37,41-42H,3-13,16,19-20,23-25,28-34,40H2,1-2H3,(H,45,46)/b17-14-,18-15-,26-21+,27-22+/t35-,36-,37-/m1/s1. The molecular weight excluding hydrogens is 673 g/mol. The van der Waals surface area contributed by atoms with Crippen molar-refractivity contribution in [1.82, 2.24) is 0 Å². The molecule has 0 aliphatic heterocycles. The molecule has 296 valence electrons. The van der Waals surface area contributed by atoms with E-state index in [0.29, 0.717) is 25.7 Å². The third kappa shape index (κ3) is 34.7. The number of aliphatic hydroxyl groups is 2. The van der Waals surface area contributed by atoms with Gasteiger partial charge in [-0.3, -0.25) is 18.6 Å². The van der Waals surface area contributed by atoms with E-state index in [1.165, 1.54) is 44.9 Å². The highest BCUT2D eigenvalue weighted by molar-refractivity contribution is 7.47. The lowest BCUT2D eigenvalue weighted by atomic mass is 10.1. The first-order valence-electron chi connectivity index (χ1n) is 19.3. The minimum atomic E-state index is -4.43. The number of phosphoric acid groups is 1. The Morgan fingerprint density at radius 3 is 1.75 bits per heavy atom. The van der Waals surface area contributed by atoms with Gasteiger partial charge in [0.25, 0.3) is 0 Å². The maximum atomic E-state index is 12.5. The largest absolute Gasteiger partial charge is 0.472 e. The normalized spacial score (nSPS) is 15.2. The zero-order chi connectivity index (χ0) is 37.8. The van der Waals surface area contributed by atoms with Gasteiger partial charge in [0.15, 0.2) is 6.10 Å². The first-order valence-corrected chi connectivity index (χ1v) is 20.8. The van der Waals surface area contributed by atoms with Gasteiger partial charge in [0, 0.05) is 19.4 Å². The zero-order valence-corrected chi connectivity index (χ0v) is 32.4. The number of hydrogen-bond donors (Lipinski definition) is 4. The lowest BCUT2D eigenvalue weighted by Gasteiger charge is -2.20. The van der Waals surface area contributed by atoms with Crippen LogP contribution in [-0.4, -0.2) is 71.7 Å². The average molecular weight is 744 g/mol. The number of hydrogen-bond acceptors (Lipinski definition) is 10. The fourth-order valence-electron chi connectivity index (χ4n) is 4.96. The highest BCUT2D eigenvalue weighted by atomic mass is 31.2. The van der Waals surface area contributed by atoms with Gasteiger partial charge >= 0.3 is 19.8 Å². The highest BCUT2D eigenvalue weighted by Gasteiger charge is 2.26. The van der Waals surface area contributed by atoms with E-state index in [-0.39, 0.29) is 32.6 Å². The Kier molecular flexibility index (Phi) is 33.5. The molecule has 12 heteroatoms. The van der Waals surface area contributed by atoms with E-state index in [4.69, 9.17) is 24.3 Å². The van der Waals surface area contributed by atoms with Gasteiger partial charge in [-0.15, -0.1) is 0 Å². The molecule has 0 amide bonds. The van der Waals surface area contributed by atoms with Crippen LogP contribution in [0.4, 0.5) is 0 Å². The summed E-state index contributed by atoms with van der Waals surface area (Å²) in [7, 11) is -4.43. The minimum absolute atomic E-state index is 0.0152. The summed E-state index contributed by atoms with van der Waals surface area (Å²) in [6.07, 6.45) is 30.7. The molecule has 0 aromatic heterocycles. The lowest BCUT2D eigenvalue weighted by molar-refractivity contribution is -0.161. The van der Waals surface area contributed by atoms with Gasteiger partial charge in [0.1, 0.15) is 6.61 Å². The Morgan fingerprint density at radius 2 is 1.18 bits per heavy atom. The summed E-state index contributed by atoms with van der Waals surface area (Å²) in [6, 6.07) is 0. The molecule has 0 fully saturated rings. The Bertz CT molecular complexity index is 1020. The van der Waals surface area contributed by atoms with Crippen molar-refractivity contribution in [1.29, 1.82) is 0 Å². The molecule has 5 N–H and O–H groups in total. The first kappa shape index (κ1) is 48.9. The van der Waals surface area contributed by atoms with Crippen molar-refractivity contribution in [3.8, 4) is 0 Å². The van der Waals surface area contributed by atoms with E-state index in [1.54, 1.807) is 18.2 Å². The number of unbranched alkanes of at least 4 members (excludes halogenated alkanes) is 12. The van der Waals surface area contributed by atoms with E-state index >= 15 is 0 Å². The van der Waals surface area contributed by atoms with Crippen molar-refractivity contribution in [3.05, 3.63) is 48.6 Å². The topological polar surface area (TPSA) is 175 Å². The molecule has 0 aliphatic rings. The van der Waals surface area contributed by atoms with Gasteiger partial charge in [0.2, 0.25) is 0 Å². The third-order valence-electron chi connectivity index (χ3n) is 7.93. The van der Waals surface area contributed by atoms with E-state index in [2.05, 4.69) is 13.8 Å². The minimum Gasteiger partial charge on any atom is -0.462 e. The Balaban J connectivity index is 4.50. The van der Waals surface area contributed by atoms with Gasteiger partial charge in [0.05, 0.1) is 25.4 Å². The van der Waals surface area contributed by atoms with Crippen LogP contribution in [0.3, 0.4) is 0 Å². The number of allylic oxidation sites excluding steroid dienone is 6. The number of ether oxygens (including phenoxy) is 2. The van der Waals surface area contributed by atoms with Crippen molar-refractivity contribution in [2.75, 3.05) is 26.4 Å². The molecule has 0 aliphatic carbocycles. The molecule has 4 atom stereocenters. The van der Waals surface area contributed by atoms with Crippen LogP contribution in [0.5, 0.6) is 0 Å². The molecule has 0 radical (unpaired) electrons. The van der Waals surface area contributed by atoms with Crippen molar-refractivity contribution >= 4 is 19.8 Å². The predicted molar refractivity (Wildman–Crippen MR) is 204 cm³/mol. The molecule has 0 aromatic rings. The number of phosphoric ester groups is 1. The fourth-order valence-corrected chi connectivity index (χ4v) is 5.73. The number of carbonyl (C=O) groups is 2. The molecule has 0 bridgehead atoms. The summed E-state index contributed by atoms with van der Waals surface area (Å²) in [5, 5.41) is 20.1. The smallest absolute Gasteiger partial charge is 0.462 e. The van der Waals surface area contributed by atoms with Gasteiger partial charge in [-0.25, -0.2) is 4.57 Å². The first-order chi connectivity index (χ1) is 24.6. The third-order valence-corrected chi connectivity index (χ3v) is 8.91. The fraction of sp³-hybridized carbons (Fsp3) is 0.744. The Hall–Kier alpha value is -2.11. The van der Waals surface area contributed by atoms with Crippen molar-refractivity contribution in [2.45, 2.75) is 161 Å². The maximum absolute atomic E-state index is 12.5. The predicted octanol–water partition coefficient (Wildman–Crippen LogP) is 8.32. The van der Waals surface area contributed by atoms with Crippen LogP contribution in [-0.2, 0) is 32.7 Å². The second kappa shape index (κ2) is 34.9. The monoisotopic (exact) mass is 743 g/mol. The second-order valence-corrected chi connectivity index (χ2v) is 14.3. The number of nitrogens with two attached hydrogens (primary N) is 1. The van der Waals surface area contributed by atoms with Crippen LogP contribution in [0, 0.1) is 0 Å². The van der Waals surface area contributed by atoms with Crippen LogP contribution >= 0.6 is 7.82 Å². The number of rotatable bonds is 35. The van der Waals surface area contributed by atoms with Crippen LogP contribution in [0.15, 0.2) is 48.6 Å². The number of carbonyl (C=O) groups excluding carboxylic acids is 2. The Labute approximate surface area is 308 Å². The summed E-state index contributed by atoms with van der Waals surface area (Å²) in [5.41, 5.74) is 5.31. The quantitative estimate of drug-likeness (QED) is 0.0213. The summed E-state index contributed by atoms with van der Waals surface area (Å²) < 4.78 is 32.4. The molecule has 0 saturated carbocycles. The lowest BCUT2D eigenvalue weighted by Crippen LogP contribution is -2.29. The van der Waals surface area contributed by atoms with Crippen molar-refractivity contribution < 1.29 is 47.8 Å². The number of esters is 2. The molecule has 0 saturated heterocycles. The SMILES string of the molecule is CCCCCCCCCCCCCC(=O)OC[C@H](COP(=O)(O)OCCN)OC(=O)CCC[C@H](O)/C=C/C=C\C/C=C\C=C\[C@H](O)CCCCC. The summed E-state index contributed by atoms with van der Waals surface area (Å²) >= 11 is 0. The molecule has 1 unspecified atom stereocenters. The van der Waals surface area contributed by atoms with Gasteiger partial charge < -0.3 is 30.3 Å². The molecule has 0 heterocycles. The molecule has 51 heavy (non-hydrogen) atoms. The van der Waals surface area contributed by atoms with Gasteiger partial charge in [-0.1, -0.05) is 146 Å². The van der Waals surface area contributed by atoms with E-state index in [9.17, 15) is 29.3 Å². The Morgan fingerprint density at radius 1 is 0.667 bits per heavy atom. The summed E-state index contributed by atoms with van der Waals surface area (Å²) in [4.78, 5) is 34.7. The van der Waals surface area contributed by atoms with E-state index in [1.807, 2.05) is 30.4 Å². The molecule has 0 aromatic carbocycles. The average Bonchev–Trinajstić information content (AvgIpc) is 3.10. The molecule has 0 spiro atoms.